The van der Waals surface area contributed by atoms with Gasteiger partial charge in [-0.3, -0.25) is 4.79 Å². The van der Waals surface area contributed by atoms with Crippen LogP contribution in [0.3, 0.4) is 0 Å². The Morgan fingerprint density at radius 1 is 1.62 bits per heavy atom. The summed E-state index contributed by atoms with van der Waals surface area (Å²) in [5.41, 5.74) is -1.08. The first-order chi connectivity index (χ1) is 9.91. The number of aliphatic carboxylic acids is 1. The van der Waals surface area contributed by atoms with E-state index in [2.05, 4.69) is 10.6 Å². The van der Waals surface area contributed by atoms with E-state index in [1.807, 2.05) is 24.4 Å². The fourth-order valence-corrected chi connectivity index (χ4v) is 3.13. The highest BCUT2D eigenvalue weighted by Gasteiger charge is 2.47. The lowest BCUT2D eigenvalue weighted by molar-refractivity contribution is -0.148. The Bertz CT molecular complexity index is 505. The van der Waals surface area contributed by atoms with Gasteiger partial charge in [-0.1, -0.05) is 6.07 Å². The molecule has 0 saturated carbocycles. The van der Waals surface area contributed by atoms with Crippen molar-refractivity contribution in [3.63, 3.8) is 0 Å². The number of carboxylic acids is 1. The van der Waals surface area contributed by atoms with Gasteiger partial charge in [0, 0.05) is 17.3 Å². The number of carbonyl (C=O) groups excluding carboxylic acids is 1. The predicted octanol–water partition coefficient (Wildman–Crippen LogP) is 1.47. The third kappa shape index (κ3) is 3.74. The second-order valence-corrected chi connectivity index (χ2v) is 6.62. The molecule has 7 heteroatoms. The molecule has 2 amide bonds. The van der Waals surface area contributed by atoms with E-state index in [4.69, 9.17) is 4.74 Å². The van der Waals surface area contributed by atoms with E-state index in [1.165, 1.54) is 4.88 Å². The van der Waals surface area contributed by atoms with Gasteiger partial charge in [0.25, 0.3) is 0 Å². The average molecular weight is 312 g/mol. The molecule has 0 aliphatic carbocycles. The maximum absolute atomic E-state index is 12.0. The molecule has 3 atom stereocenters. The van der Waals surface area contributed by atoms with Crippen molar-refractivity contribution in [3.8, 4) is 0 Å². The first kappa shape index (κ1) is 15.8. The van der Waals surface area contributed by atoms with E-state index < -0.39 is 17.4 Å². The molecule has 1 aliphatic heterocycles. The van der Waals surface area contributed by atoms with Crippen LogP contribution in [0.4, 0.5) is 4.79 Å². The van der Waals surface area contributed by atoms with Crippen LogP contribution in [0.25, 0.3) is 0 Å². The molecular weight excluding hydrogens is 292 g/mol. The van der Waals surface area contributed by atoms with Gasteiger partial charge >= 0.3 is 12.0 Å². The van der Waals surface area contributed by atoms with Crippen LogP contribution in [0.2, 0.25) is 0 Å². The van der Waals surface area contributed by atoms with Crippen LogP contribution in [-0.4, -0.2) is 42.4 Å². The molecule has 3 unspecified atom stereocenters. The van der Waals surface area contributed by atoms with Crippen molar-refractivity contribution >= 4 is 23.3 Å². The number of ether oxygens (including phenoxy) is 1. The zero-order valence-electron chi connectivity index (χ0n) is 12.1. The van der Waals surface area contributed by atoms with E-state index in [0.29, 0.717) is 0 Å². The minimum absolute atomic E-state index is 0.0259. The summed E-state index contributed by atoms with van der Waals surface area (Å²) in [5, 5.41) is 16.8. The number of hydrogen-bond donors (Lipinski definition) is 3. The zero-order chi connectivity index (χ0) is 15.5. The van der Waals surface area contributed by atoms with Gasteiger partial charge in [0.15, 0.2) is 0 Å². The molecule has 1 aliphatic rings. The summed E-state index contributed by atoms with van der Waals surface area (Å²) in [6, 6.07) is 3.08. The highest BCUT2D eigenvalue weighted by molar-refractivity contribution is 7.09. The lowest BCUT2D eigenvalue weighted by Gasteiger charge is -2.26. The summed E-state index contributed by atoms with van der Waals surface area (Å²) in [6.45, 7) is 3.83. The number of carbonyl (C=O) groups is 2. The highest BCUT2D eigenvalue weighted by atomic mass is 32.1. The van der Waals surface area contributed by atoms with Crippen molar-refractivity contribution in [2.24, 2.45) is 5.41 Å². The second kappa shape index (κ2) is 6.44. The molecule has 0 aromatic carbocycles. The van der Waals surface area contributed by atoms with Crippen LogP contribution < -0.4 is 10.6 Å². The maximum Gasteiger partial charge on any atom is 0.315 e. The molecule has 21 heavy (non-hydrogen) atoms. The fourth-order valence-electron chi connectivity index (χ4n) is 2.29. The van der Waals surface area contributed by atoms with Crippen molar-refractivity contribution in [1.82, 2.24) is 10.6 Å². The Morgan fingerprint density at radius 2 is 2.38 bits per heavy atom. The van der Waals surface area contributed by atoms with Crippen LogP contribution >= 0.6 is 11.3 Å². The Labute approximate surface area is 127 Å². The SMILES string of the molecule is CC(Cc1cccs1)NC(=O)NC1COCC1(C)C(=O)O. The molecule has 1 fully saturated rings. The van der Waals surface area contributed by atoms with E-state index in [-0.39, 0.29) is 25.3 Å². The third-order valence-electron chi connectivity index (χ3n) is 3.71. The summed E-state index contributed by atoms with van der Waals surface area (Å²) >= 11 is 1.65. The number of thiophene rings is 1. The number of carboxylic acid groups (broad SMARTS) is 1. The topological polar surface area (TPSA) is 87.7 Å². The van der Waals surface area contributed by atoms with Crippen molar-refractivity contribution in [1.29, 1.82) is 0 Å². The lowest BCUT2D eigenvalue weighted by Crippen LogP contribution is -2.53. The lowest BCUT2D eigenvalue weighted by atomic mass is 9.85. The zero-order valence-corrected chi connectivity index (χ0v) is 12.9. The van der Waals surface area contributed by atoms with E-state index >= 15 is 0 Å². The van der Waals surface area contributed by atoms with Crippen LogP contribution in [-0.2, 0) is 16.0 Å². The van der Waals surface area contributed by atoms with Gasteiger partial charge in [-0.25, -0.2) is 4.79 Å². The van der Waals surface area contributed by atoms with Gasteiger partial charge in [-0.15, -0.1) is 11.3 Å². The third-order valence-corrected chi connectivity index (χ3v) is 4.61. The molecule has 0 radical (unpaired) electrons. The second-order valence-electron chi connectivity index (χ2n) is 5.59. The Morgan fingerprint density at radius 3 is 3.00 bits per heavy atom. The Balaban J connectivity index is 1.85. The molecule has 1 aromatic heterocycles. The van der Waals surface area contributed by atoms with Crippen molar-refractivity contribution in [3.05, 3.63) is 22.4 Å². The van der Waals surface area contributed by atoms with Gasteiger partial charge < -0.3 is 20.5 Å². The van der Waals surface area contributed by atoms with Crippen molar-refractivity contribution < 1.29 is 19.4 Å². The normalized spacial score (nSPS) is 26.3. The number of urea groups is 1. The summed E-state index contributed by atoms with van der Waals surface area (Å²) in [5.74, 6) is -0.961. The minimum Gasteiger partial charge on any atom is -0.481 e. The van der Waals surface area contributed by atoms with E-state index in [9.17, 15) is 14.7 Å². The largest absolute Gasteiger partial charge is 0.481 e. The maximum atomic E-state index is 12.0. The predicted molar refractivity (Wildman–Crippen MR) is 79.5 cm³/mol. The summed E-state index contributed by atoms with van der Waals surface area (Å²) < 4.78 is 5.20. The van der Waals surface area contributed by atoms with Gasteiger partial charge in [0.1, 0.15) is 5.41 Å². The standard InChI is InChI=1S/C14H20N2O4S/c1-9(6-10-4-3-5-21-10)15-13(19)16-11-7-20-8-14(11,2)12(17)18/h3-5,9,11H,6-8H2,1-2H3,(H,17,18)(H2,15,16,19). The molecule has 3 N–H and O–H groups in total. The number of amides is 2. The number of rotatable bonds is 5. The first-order valence-corrected chi connectivity index (χ1v) is 7.70. The summed E-state index contributed by atoms with van der Waals surface area (Å²) in [7, 11) is 0. The molecular formula is C14H20N2O4S. The molecule has 0 spiro atoms. The Hall–Kier alpha value is -1.60. The van der Waals surface area contributed by atoms with Gasteiger partial charge in [0.2, 0.25) is 0 Å². The van der Waals surface area contributed by atoms with Crippen molar-refractivity contribution in [2.45, 2.75) is 32.4 Å². The van der Waals surface area contributed by atoms with Crippen LogP contribution in [0.15, 0.2) is 17.5 Å². The van der Waals surface area contributed by atoms with Gasteiger partial charge in [0.05, 0.1) is 19.3 Å². The Kier molecular flexibility index (Phi) is 4.84. The van der Waals surface area contributed by atoms with E-state index in [0.717, 1.165) is 6.42 Å². The molecule has 0 bridgehead atoms. The monoisotopic (exact) mass is 312 g/mol. The summed E-state index contributed by atoms with van der Waals surface area (Å²) in [6.07, 6.45) is 0.752. The highest BCUT2D eigenvalue weighted by Crippen LogP contribution is 2.28. The quantitative estimate of drug-likeness (QED) is 0.768. The van der Waals surface area contributed by atoms with Crippen LogP contribution in [0, 0.1) is 5.41 Å². The minimum atomic E-state index is -1.08. The average Bonchev–Trinajstić information content (AvgIpc) is 3.01. The molecule has 2 rings (SSSR count). The van der Waals surface area contributed by atoms with Gasteiger partial charge in [-0.05, 0) is 25.3 Å². The van der Waals surface area contributed by atoms with Gasteiger partial charge in [-0.2, -0.15) is 0 Å². The molecule has 1 saturated heterocycles. The molecule has 1 aromatic rings. The smallest absolute Gasteiger partial charge is 0.315 e. The molecule has 2 heterocycles. The fraction of sp³-hybridized carbons (Fsp3) is 0.571. The van der Waals surface area contributed by atoms with E-state index in [1.54, 1.807) is 18.3 Å². The summed E-state index contributed by atoms with van der Waals surface area (Å²) in [4.78, 5) is 24.5. The molecule has 6 nitrogen and oxygen atoms in total. The van der Waals surface area contributed by atoms with Crippen LogP contribution in [0.5, 0.6) is 0 Å². The van der Waals surface area contributed by atoms with Crippen LogP contribution in [0.1, 0.15) is 18.7 Å². The molecule has 116 valence electrons. The number of nitrogens with one attached hydrogen (secondary N) is 2. The first-order valence-electron chi connectivity index (χ1n) is 6.82. The number of hydrogen-bond acceptors (Lipinski definition) is 4. The van der Waals surface area contributed by atoms with Crippen molar-refractivity contribution in [2.75, 3.05) is 13.2 Å².